The number of rotatable bonds is 6. The number of aromatic amines is 1. The number of fused-ring (bicyclic) bond motifs is 7. The van der Waals surface area contributed by atoms with E-state index in [0.29, 0.717) is 41.9 Å². The minimum atomic E-state index is -0.815. The fourth-order valence-corrected chi connectivity index (χ4v) is 15.7. The third kappa shape index (κ3) is 4.96. The van der Waals surface area contributed by atoms with E-state index in [9.17, 15) is 14.7 Å². The minimum Gasteiger partial charge on any atom is -0.481 e. The molecule has 13 atom stereocenters. The van der Waals surface area contributed by atoms with E-state index in [-0.39, 0.29) is 51.1 Å². The zero-order chi connectivity index (χ0) is 38.1. The van der Waals surface area contributed by atoms with Crippen LogP contribution in [0, 0.1) is 73.9 Å². The highest BCUT2D eigenvalue weighted by Crippen LogP contribution is 2.78. The van der Waals surface area contributed by atoms with Gasteiger partial charge in [-0.25, -0.2) is 4.98 Å². The molecule has 53 heavy (non-hydrogen) atoms. The summed E-state index contributed by atoms with van der Waals surface area (Å²) in [5.41, 5.74) is 0.604. The van der Waals surface area contributed by atoms with Gasteiger partial charge in [-0.1, -0.05) is 60.6 Å². The number of hydrogen-bond donors (Lipinski definition) is 2. The van der Waals surface area contributed by atoms with Crippen LogP contribution in [0.2, 0.25) is 0 Å². The van der Waals surface area contributed by atoms with Crippen LogP contribution in [0.3, 0.4) is 0 Å². The van der Waals surface area contributed by atoms with Crippen LogP contribution >= 0.6 is 0 Å². The number of aromatic nitrogens is 2. The number of aliphatic carboxylic acids is 1. The van der Waals surface area contributed by atoms with Crippen LogP contribution in [0.25, 0.3) is 0 Å². The van der Waals surface area contributed by atoms with Gasteiger partial charge in [-0.2, -0.15) is 0 Å². The molecule has 1 saturated heterocycles. The van der Waals surface area contributed by atoms with Crippen LogP contribution in [0.1, 0.15) is 151 Å². The molecule has 2 N–H and O–H groups in total. The summed E-state index contributed by atoms with van der Waals surface area (Å²) in [5.74, 6) is 1.68. The first-order chi connectivity index (χ1) is 24.8. The summed E-state index contributed by atoms with van der Waals surface area (Å²) in [6, 6.07) is 0.0489. The maximum atomic E-state index is 15.2. The lowest BCUT2D eigenvalue weighted by Gasteiger charge is -2.73. The molecular weight excluding hydrogens is 663 g/mol. The van der Waals surface area contributed by atoms with Gasteiger partial charge in [-0.3, -0.25) is 14.4 Å². The van der Waals surface area contributed by atoms with Crippen LogP contribution < -0.4 is 0 Å². The lowest BCUT2D eigenvalue weighted by atomic mass is 9.32. The smallest absolute Gasteiger partial charge is 0.309 e. The van der Waals surface area contributed by atoms with Crippen LogP contribution in [-0.2, 0) is 19.1 Å². The van der Waals surface area contributed by atoms with Crippen LogP contribution in [0.15, 0.2) is 24.5 Å². The van der Waals surface area contributed by atoms with Crippen molar-refractivity contribution < 1.29 is 24.2 Å². The quantitative estimate of drug-likeness (QED) is 0.223. The molecule has 8 rings (SSSR count). The second kappa shape index (κ2) is 12.2. The maximum absolute atomic E-state index is 15.2. The average molecular weight is 730 g/mol. The van der Waals surface area contributed by atoms with Gasteiger partial charge >= 0.3 is 11.9 Å². The number of carboxylic acid groups (broad SMARTS) is 1. The summed E-state index contributed by atoms with van der Waals surface area (Å²) in [4.78, 5) is 50.8. The highest BCUT2D eigenvalue weighted by atomic mass is 16.5. The third-order valence-electron chi connectivity index (χ3n) is 18.9. The zero-order valence-electron chi connectivity index (χ0n) is 33.9. The van der Waals surface area contributed by atoms with E-state index in [1.165, 1.54) is 24.8 Å². The zero-order valence-corrected chi connectivity index (χ0v) is 33.9. The number of carbonyl (C=O) groups excluding carboxylic acids is 2. The summed E-state index contributed by atoms with van der Waals surface area (Å²) >= 11 is 0. The summed E-state index contributed by atoms with van der Waals surface area (Å²) in [5, 5.41) is 9.67. The standard InChI is InChI=1S/C45H67N3O5/c1-26(2)27-14-19-45(39(52)48-24-10-11-31(48)36-46-22-23-47-36)21-20-43(8)28(35(27)45)12-13-33-42(7)17-16-34(41(5,6)32(42)15-18-44(33,43)9)53-38(51)30-25-29(37(49)50)40(30,3)4/h22-23,27-35H,1,10-21,24-25H2,2-9H3,(H,46,47)(H,49,50)/t27-,28+,29-,30+,31-,32-,33+,34-,35+,42-,43+,44+,45-/m0/s1. The summed E-state index contributed by atoms with van der Waals surface area (Å²) in [7, 11) is 0. The van der Waals surface area contributed by atoms with Crippen molar-refractivity contribution >= 4 is 17.8 Å². The number of ether oxygens (including phenoxy) is 1. The van der Waals surface area contributed by atoms with Crippen molar-refractivity contribution in [2.45, 2.75) is 151 Å². The molecule has 7 aliphatic rings. The van der Waals surface area contributed by atoms with E-state index >= 15 is 4.79 Å². The Bertz CT molecular complexity index is 1670. The molecule has 2 heterocycles. The minimum absolute atomic E-state index is 0.0489. The third-order valence-corrected chi connectivity index (χ3v) is 18.9. The number of nitrogens with zero attached hydrogens (tertiary/aromatic N) is 2. The molecule has 6 saturated carbocycles. The molecule has 6 aliphatic carbocycles. The van der Waals surface area contributed by atoms with Crippen molar-refractivity contribution in [2.75, 3.05) is 6.54 Å². The van der Waals surface area contributed by atoms with Gasteiger partial charge in [0, 0.05) is 24.4 Å². The second-order valence-electron chi connectivity index (χ2n) is 21.3. The Hall–Kier alpha value is -2.64. The second-order valence-corrected chi connectivity index (χ2v) is 21.3. The predicted molar refractivity (Wildman–Crippen MR) is 204 cm³/mol. The maximum Gasteiger partial charge on any atom is 0.309 e. The number of carbonyl (C=O) groups is 3. The fraction of sp³-hybridized carbons (Fsp3) is 0.822. The molecule has 8 nitrogen and oxygen atoms in total. The van der Waals surface area contributed by atoms with Gasteiger partial charge < -0.3 is 19.7 Å². The van der Waals surface area contributed by atoms with E-state index in [1.54, 1.807) is 0 Å². The first-order valence-corrected chi connectivity index (χ1v) is 21.2. The van der Waals surface area contributed by atoms with Crippen molar-refractivity contribution in [1.29, 1.82) is 0 Å². The normalized spacial score (nSPS) is 46.6. The van der Waals surface area contributed by atoms with Crippen molar-refractivity contribution in [2.24, 2.45) is 73.9 Å². The Balaban J connectivity index is 1.05. The first-order valence-electron chi connectivity index (χ1n) is 21.2. The Morgan fingerprint density at radius 1 is 0.868 bits per heavy atom. The van der Waals surface area contributed by atoms with Gasteiger partial charge in [0.05, 0.1) is 23.3 Å². The summed E-state index contributed by atoms with van der Waals surface area (Å²) in [6.07, 6.45) is 16.6. The van der Waals surface area contributed by atoms with E-state index in [0.717, 1.165) is 70.2 Å². The molecule has 1 aromatic rings. The lowest BCUT2D eigenvalue weighted by molar-refractivity contribution is -0.251. The van der Waals surface area contributed by atoms with E-state index in [2.05, 4.69) is 63.0 Å². The van der Waals surface area contributed by atoms with Gasteiger partial charge in [0.15, 0.2) is 0 Å². The number of amides is 1. The molecule has 8 heteroatoms. The monoisotopic (exact) mass is 730 g/mol. The van der Waals surface area contributed by atoms with Gasteiger partial charge in [0.1, 0.15) is 11.9 Å². The average Bonchev–Trinajstić information content (AvgIpc) is 3.86. The molecule has 0 radical (unpaired) electrons. The molecule has 0 aromatic carbocycles. The van der Waals surface area contributed by atoms with Gasteiger partial charge in [0.2, 0.25) is 5.91 Å². The number of allylic oxidation sites excluding steroid dienone is 1. The largest absolute Gasteiger partial charge is 0.481 e. The number of hydrogen-bond acceptors (Lipinski definition) is 5. The van der Waals surface area contributed by atoms with Crippen molar-refractivity contribution in [3.05, 3.63) is 30.4 Å². The highest BCUT2D eigenvalue weighted by molar-refractivity contribution is 5.85. The predicted octanol–water partition coefficient (Wildman–Crippen LogP) is 9.39. The first kappa shape index (κ1) is 37.3. The summed E-state index contributed by atoms with van der Waals surface area (Å²) < 4.78 is 6.44. The molecule has 7 fully saturated rings. The van der Waals surface area contributed by atoms with Gasteiger partial charge in [0.25, 0.3) is 0 Å². The van der Waals surface area contributed by atoms with Crippen LogP contribution in [0.4, 0.5) is 0 Å². The van der Waals surface area contributed by atoms with Crippen molar-refractivity contribution in [3.63, 3.8) is 0 Å². The van der Waals surface area contributed by atoms with Crippen molar-refractivity contribution in [1.82, 2.24) is 14.9 Å². The number of esters is 1. The Morgan fingerprint density at radius 3 is 2.28 bits per heavy atom. The Labute approximate surface area is 318 Å². The van der Waals surface area contributed by atoms with Crippen LogP contribution in [-0.4, -0.2) is 50.5 Å². The highest BCUT2D eigenvalue weighted by Gasteiger charge is 2.72. The molecule has 1 aromatic heterocycles. The van der Waals surface area contributed by atoms with E-state index < -0.39 is 17.3 Å². The fourth-order valence-electron chi connectivity index (χ4n) is 15.7. The molecule has 1 amide bonds. The molecule has 0 bridgehead atoms. The molecule has 292 valence electrons. The summed E-state index contributed by atoms with van der Waals surface area (Å²) in [6.45, 7) is 24.0. The molecule has 0 unspecified atom stereocenters. The van der Waals surface area contributed by atoms with Gasteiger partial charge in [-0.05, 0) is 142 Å². The Kier molecular flexibility index (Phi) is 8.57. The van der Waals surface area contributed by atoms with Gasteiger partial charge in [-0.15, -0.1) is 0 Å². The number of nitrogens with one attached hydrogen (secondary N) is 1. The number of H-pyrrole nitrogens is 1. The topological polar surface area (TPSA) is 113 Å². The van der Waals surface area contributed by atoms with Crippen molar-refractivity contribution in [3.8, 4) is 0 Å². The molecule has 1 aliphatic heterocycles. The number of likely N-dealkylation sites (tertiary alicyclic amines) is 1. The van der Waals surface area contributed by atoms with E-state index in [4.69, 9.17) is 4.74 Å². The van der Waals surface area contributed by atoms with E-state index in [1.807, 2.05) is 26.2 Å². The lowest BCUT2D eigenvalue weighted by Crippen LogP contribution is -2.67. The number of carboxylic acids is 1. The molecular formula is C45H67N3O5. The number of imidazole rings is 1. The van der Waals surface area contributed by atoms with Crippen LogP contribution in [0.5, 0.6) is 0 Å². The Morgan fingerprint density at radius 2 is 1.62 bits per heavy atom. The SMILES string of the molecule is C=C(C)[C@@H]1CC[C@]2(C(=O)N3CCC[C@H]3c3ncc[nH]3)CC[C@]3(C)[C@H](CC[C@@H]4[C@@]5(C)CC[C@H](OC(=O)[C@H]6C[C@@H](C(=O)O)C6(C)C)C(C)(C)[C@@H]5CC[C@]43C)[C@@H]12. The molecule has 0 spiro atoms.